The van der Waals surface area contributed by atoms with Crippen molar-refractivity contribution in [1.82, 2.24) is 0 Å². The van der Waals surface area contributed by atoms with E-state index < -0.39 is 5.97 Å². The van der Waals surface area contributed by atoms with Gasteiger partial charge in [0.2, 0.25) is 0 Å². The third-order valence-electron chi connectivity index (χ3n) is 4.08. The lowest BCUT2D eigenvalue weighted by molar-refractivity contribution is -0.141. The van der Waals surface area contributed by atoms with E-state index in [0.717, 1.165) is 37.4 Å². The molecule has 0 aromatic heterocycles. The fraction of sp³-hybridized carbons (Fsp3) is 0.500. The maximum atomic E-state index is 11.1. The van der Waals surface area contributed by atoms with Gasteiger partial charge >= 0.3 is 5.97 Å². The van der Waals surface area contributed by atoms with E-state index in [-0.39, 0.29) is 12.0 Å². The van der Waals surface area contributed by atoms with Crippen molar-refractivity contribution >= 4 is 11.7 Å². The molecule has 4 heteroatoms. The second-order valence-corrected chi connectivity index (χ2v) is 5.06. The SMILES string of the molecule is C[C@@H]1[C@@H](C(=O)O)CCN1c1ccc2c(c1)CCO2. The summed E-state index contributed by atoms with van der Waals surface area (Å²) in [4.78, 5) is 13.3. The smallest absolute Gasteiger partial charge is 0.308 e. The average molecular weight is 247 g/mol. The molecule has 2 heterocycles. The Balaban J connectivity index is 1.85. The summed E-state index contributed by atoms with van der Waals surface area (Å²) >= 11 is 0. The largest absolute Gasteiger partial charge is 0.493 e. The molecule has 1 aromatic carbocycles. The van der Waals surface area contributed by atoms with Crippen molar-refractivity contribution in [2.75, 3.05) is 18.1 Å². The van der Waals surface area contributed by atoms with E-state index in [1.54, 1.807) is 0 Å². The Morgan fingerprint density at radius 1 is 1.50 bits per heavy atom. The van der Waals surface area contributed by atoms with Crippen LogP contribution in [0.4, 0.5) is 5.69 Å². The molecule has 18 heavy (non-hydrogen) atoms. The minimum atomic E-state index is -0.686. The zero-order valence-electron chi connectivity index (χ0n) is 10.4. The van der Waals surface area contributed by atoms with Crippen molar-refractivity contribution < 1.29 is 14.6 Å². The molecule has 0 saturated carbocycles. The van der Waals surface area contributed by atoms with Gasteiger partial charge in [0, 0.05) is 24.7 Å². The Hall–Kier alpha value is -1.71. The van der Waals surface area contributed by atoms with E-state index in [1.165, 1.54) is 5.56 Å². The van der Waals surface area contributed by atoms with Crippen molar-refractivity contribution in [2.24, 2.45) is 5.92 Å². The highest BCUT2D eigenvalue weighted by Gasteiger charge is 2.35. The Bertz CT molecular complexity index is 486. The zero-order valence-corrected chi connectivity index (χ0v) is 10.4. The van der Waals surface area contributed by atoms with E-state index in [0.29, 0.717) is 0 Å². The van der Waals surface area contributed by atoms with Gasteiger partial charge in [-0.2, -0.15) is 0 Å². The quantitative estimate of drug-likeness (QED) is 0.867. The Kier molecular flexibility index (Phi) is 2.65. The molecule has 1 saturated heterocycles. The second-order valence-electron chi connectivity index (χ2n) is 5.06. The number of ether oxygens (including phenoxy) is 1. The first-order chi connectivity index (χ1) is 8.66. The molecule has 2 aliphatic heterocycles. The van der Waals surface area contributed by atoms with Crippen LogP contribution < -0.4 is 9.64 Å². The summed E-state index contributed by atoms with van der Waals surface area (Å²) in [6.07, 6.45) is 1.68. The van der Waals surface area contributed by atoms with Gasteiger partial charge < -0.3 is 14.7 Å². The number of nitrogens with zero attached hydrogens (tertiary/aromatic N) is 1. The molecule has 0 aliphatic carbocycles. The fourth-order valence-electron chi connectivity index (χ4n) is 2.99. The summed E-state index contributed by atoms with van der Waals surface area (Å²) in [6, 6.07) is 6.23. The molecule has 0 unspecified atom stereocenters. The van der Waals surface area contributed by atoms with Crippen LogP contribution in [0.3, 0.4) is 0 Å². The summed E-state index contributed by atoms with van der Waals surface area (Å²) in [5.74, 6) is 0.0318. The number of benzene rings is 1. The molecule has 0 amide bonds. The number of aliphatic carboxylic acids is 1. The van der Waals surface area contributed by atoms with E-state index in [1.807, 2.05) is 19.1 Å². The summed E-state index contributed by atoms with van der Waals surface area (Å²) in [5, 5.41) is 9.16. The van der Waals surface area contributed by atoms with Gasteiger partial charge in [0.25, 0.3) is 0 Å². The normalized spacial score (nSPS) is 25.9. The Labute approximate surface area is 106 Å². The zero-order chi connectivity index (χ0) is 12.7. The highest BCUT2D eigenvalue weighted by Crippen LogP contribution is 2.34. The van der Waals surface area contributed by atoms with Gasteiger partial charge in [-0.05, 0) is 37.1 Å². The van der Waals surface area contributed by atoms with Gasteiger partial charge in [-0.15, -0.1) is 0 Å². The molecular weight excluding hydrogens is 230 g/mol. The number of rotatable bonds is 2. The Morgan fingerprint density at radius 3 is 3.06 bits per heavy atom. The molecule has 1 N–H and O–H groups in total. The number of hydrogen-bond donors (Lipinski definition) is 1. The lowest BCUT2D eigenvalue weighted by atomic mass is 10.0. The predicted octanol–water partition coefficient (Wildman–Crippen LogP) is 1.92. The molecule has 96 valence electrons. The minimum absolute atomic E-state index is 0.0582. The van der Waals surface area contributed by atoms with Crippen LogP contribution in [0.2, 0.25) is 0 Å². The van der Waals surface area contributed by atoms with Gasteiger partial charge in [0.1, 0.15) is 5.75 Å². The van der Waals surface area contributed by atoms with Crippen LogP contribution in [-0.4, -0.2) is 30.3 Å². The topological polar surface area (TPSA) is 49.8 Å². The first kappa shape index (κ1) is 11.4. The lowest BCUT2D eigenvalue weighted by Crippen LogP contribution is -2.32. The summed E-state index contributed by atoms with van der Waals surface area (Å²) < 4.78 is 5.49. The van der Waals surface area contributed by atoms with Crippen molar-refractivity contribution in [2.45, 2.75) is 25.8 Å². The third-order valence-corrected chi connectivity index (χ3v) is 4.08. The highest BCUT2D eigenvalue weighted by atomic mass is 16.5. The van der Waals surface area contributed by atoms with Crippen molar-refractivity contribution in [3.63, 3.8) is 0 Å². The molecular formula is C14H17NO3. The summed E-state index contributed by atoms with van der Waals surface area (Å²) in [6.45, 7) is 3.57. The maximum Gasteiger partial charge on any atom is 0.308 e. The number of fused-ring (bicyclic) bond motifs is 1. The number of hydrogen-bond acceptors (Lipinski definition) is 3. The first-order valence-electron chi connectivity index (χ1n) is 6.42. The maximum absolute atomic E-state index is 11.1. The molecule has 0 radical (unpaired) electrons. The summed E-state index contributed by atoms with van der Waals surface area (Å²) in [7, 11) is 0. The predicted molar refractivity (Wildman–Crippen MR) is 68.2 cm³/mol. The first-order valence-corrected chi connectivity index (χ1v) is 6.42. The third kappa shape index (κ3) is 1.72. The number of anilines is 1. The van der Waals surface area contributed by atoms with Crippen LogP contribution in [0.1, 0.15) is 18.9 Å². The van der Waals surface area contributed by atoms with Gasteiger partial charge in [-0.25, -0.2) is 0 Å². The highest BCUT2D eigenvalue weighted by molar-refractivity contribution is 5.73. The van der Waals surface area contributed by atoms with Crippen LogP contribution >= 0.6 is 0 Å². The average Bonchev–Trinajstić information content (AvgIpc) is 2.93. The van der Waals surface area contributed by atoms with E-state index in [4.69, 9.17) is 9.84 Å². The molecule has 0 bridgehead atoms. The van der Waals surface area contributed by atoms with Crippen LogP contribution in [0.25, 0.3) is 0 Å². The monoisotopic (exact) mass is 247 g/mol. The number of carbonyl (C=O) groups is 1. The van der Waals surface area contributed by atoms with Crippen molar-refractivity contribution in [3.05, 3.63) is 23.8 Å². The van der Waals surface area contributed by atoms with E-state index in [9.17, 15) is 4.79 Å². The molecule has 3 rings (SSSR count). The molecule has 2 aliphatic rings. The van der Waals surface area contributed by atoms with Crippen molar-refractivity contribution in [1.29, 1.82) is 0 Å². The van der Waals surface area contributed by atoms with Gasteiger partial charge in [0.05, 0.1) is 12.5 Å². The number of carboxylic acids is 1. The molecule has 1 fully saturated rings. The van der Waals surface area contributed by atoms with Crippen LogP contribution in [0.5, 0.6) is 5.75 Å². The van der Waals surface area contributed by atoms with Gasteiger partial charge in [0.15, 0.2) is 0 Å². The minimum Gasteiger partial charge on any atom is -0.493 e. The summed E-state index contributed by atoms with van der Waals surface area (Å²) in [5.41, 5.74) is 2.36. The fourth-order valence-corrected chi connectivity index (χ4v) is 2.99. The van der Waals surface area contributed by atoms with Crippen molar-refractivity contribution in [3.8, 4) is 5.75 Å². The molecule has 4 nitrogen and oxygen atoms in total. The standard InChI is InChI=1S/C14H17NO3/c1-9-12(14(16)17)4-6-15(9)11-2-3-13-10(8-11)5-7-18-13/h2-3,8-9,12H,4-7H2,1H3,(H,16,17)/t9-,12+/m1/s1. The van der Waals surface area contributed by atoms with Crippen LogP contribution in [-0.2, 0) is 11.2 Å². The van der Waals surface area contributed by atoms with Crippen LogP contribution in [0.15, 0.2) is 18.2 Å². The van der Waals surface area contributed by atoms with Crippen LogP contribution in [0, 0.1) is 5.92 Å². The van der Waals surface area contributed by atoms with E-state index in [2.05, 4.69) is 11.0 Å². The number of carboxylic acid groups (broad SMARTS) is 1. The molecule has 1 aromatic rings. The van der Waals surface area contributed by atoms with Gasteiger partial charge in [-0.3, -0.25) is 4.79 Å². The molecule has 0 spiro atoms. The van der Waals surface area contributed by atoms with Gasteiger partial charge in [-0.1, -0.05) is 0 Å². The molecule has 2 atom stereocenters. The van der Waals surface area contributed by atoms with E-state index >= 15 is 0 Å². The lowest BCUT2D eigenvalue weighted by Gasteiger charge is -2.25. The Morgan fingerprint density at radius 2 is 2.33 bits per heavy atom. The second kappa shape index (κ2) is 4.19.